The molecule has 0 aliphatic rings. The summed E-state index contributed by atoms with van der Waals surface area (Å²) in [7, 11) is 0. The number of aromatic nitrogens is 3. The van der Waals surface area contributed by atoms with Gasteiger partial charge >= 0.3 is 0 Å². The average molecular weight is 409 g/mol. The number of rotatable bonds is 8. The summed E-state index contributed by atoms with van der Waals surface area (Å²) in [5.41, 5.74) is 2.04. The molecule has 0 saturated heterocycles. The molecule has 0 unspecified atom stereocenters. The summed E-state index contributed by atoms with van der Waals surface area (Å²) in [5, 5.41) is 22.7. The second-order valence-corrected chi connectivity index (χ2v) is 7.13. The molecule has 29 heavy (non-hydrogen) atoms. The number of nitro groups is 1. The lowest BCUT2D eigenvalue weighted by molar-refractivity contribution is -0.383. The van der Waals surface area contributed by atoms with E-state index < -0.39 is 4.92 Å². The van der Waals surface area contributed by atoms with Crippen molar-refractivity contribution in [1.82, 2.24) is 14.8 Å². The van der Waals surface area contributed by atoms with Crippen LogP contribution in [0.3, 0.4) is 0 Å². The van der Waals surface area contributed by atoms with Crippen molar-refractivity contribution < 1.29 is 9.72 Å². The van der Waals surface area contributed by atoms with Crippen molar-refractivity contribution in [2.45, 2.75) is 18.6 Å². The van der Waals surface area contributed by atoms with Crippen molar-refractivity contribution in [1.29, 1.82) is 0 Å². The second-order valence-electron chi connectivity index (χ2n) is 6.19. The Hall–Kier alpha value is -3.46. The fourth-order valence-electron chi connectivity index (χ4n) is 2.74. The Bertz CT molecular complexity index is 1060. The smallest absolute Gasteiger partial charge is 0.292 e. The van der Waals surface area contributed by atoms with Gasteiger partial charge in [0.1, 0.15) is 5.69 Å². The molecule has 9 heteroatoms. The Labute approximate surface area is 171 Å². The van der Waals surface area contributed by atoms with Gasteiger partial charge in [0.15, 0.2) is 11.0 Å². The molecule has 0 radical (unpaired) electrons. The number of anilines is 1. The molecule has 3 aromatic rings. The summed E-state index contributed by atoms with van der Waals surface area (Å²) >= 11 is 1.21. The number of para-hydroxylation sites is 2. The summed E-state index contributed by atoms with van der Waals surface area (Å²) in [4.78, 5) is 22.9. The van der Waals surface area contributed by atoms with Gasteiger partial charge in [-0.2, -0.15) is 0 Å². The third-order valence-corrected chi connectivity index (χ3v) is 4.98. The van der Waals surface area contributed by atoms with Gasteiger partial charge in [-0.15, -0.1) is 16.8 Å². The van der Waals surface area contributed by atoms with E-state index in [2.05, 4.69) is 22.1 Å². The molecule has 8 nitrogen and oxygen atoms in total. The van der Waals surface area contributed by atoms with E-state index in [0.717, 1.165) is 11.1 Å². The quantitative estimate of drug-likeness (QED) is 0.260. The number of nitrogens with zero attached hydrogens (tertiary/aromatic N) is 4. The van der Waals surface area contributed by atoms with Gasteiger partial charge in [0.2, 0.25) is 5.91 Å². The third kappa shape index (κ3) is 4.88. The highest BCUT2D eigenvalue weighted by Gasteiger charge is 2.17. The molecule has 0 bridgehead atoms. The Kier molecular flexibility index (Phi) is 6.40. The lowest BCUT2D eigenvalue weighted by atomic mass is 10.1. The van der Waals surface area contributed by atoms with Crippen LogP contribution < -0.4 is 5.32 Å². The van der Waals surface area contributed by atoms with Crippen LogP contribution in [0.1, 0.15) is 5.56 Å². The molecule has 1 aromatic heterocycles. The van der Waals surface area contributed by atoms with Crippen molar-refractivity contribution in [3.63, 3.8) is 0 Å². The maximum atomic E-state index is 12.3. The minimum atomic E-state index is -0.530. The lowest BCUT2D eigenvalue weighted by Gasteiger charge is -2.09. The van der Waals surface area contributed by atoms with E-state index in [-0.39, 0.29) is 23.0 Å². The second kappa shape index (κ2) is 9.16. The minimum Gasteiger partial charge on any atom is -0.320 e. The lowest BCUT2D eigenvalue weighted by Crippen LogP contribution is -2.15. The Morgan fingerprint density at radius 2 is 2.07 bits per heavy atom. The number of amides is 1. The number of carbonyl (C=O) groups is 1. The first-order valence-corrected chi connectivity index (χ1v) is 9.75. The molecule has 148 valence electrons. The number of benzene rings is 2. The van der Waals surface area contributed by atoms with Crippen LogP contribution in [-0.4, -0.2) is 31.3 Å². The topological polar surface area (TPSA) is 103 Å². The van der Waals surface area contributed by atoms with Crippen molar-refractivity contribution in [2.75, 3.05) is 11.1 Å². The van der Waals surface area contributed by atoms with Crippen LogP contribution in [0.4, 0.5) is 11.4 Å². The Morgan fingerprint density at radius 3 is 2.79 bits per heavy atom. The first-order chi connectivity index (χ1) is 14.0. The molecule has 1 N–H and O–H groups in total. The monoisotopic (exact) mass is 409 g/mol. The largest absolute Gasteiger partial charge is 0.320 e. The molecule has 0 aliphatic heterocycles. The van der Waals surface area contributed by atoms with E-state index in [1.165, 1.54) is 23.9 Å². The summed E-state index contributed by atoms with van der Waals surface area (Å²) in [6.45, 7) is 6.27. The third-order valence-electron chi connectivity index (χ3n) is 4.01. The van der Waals surface area contributed by atoms with Gasteiger partial charge in [-0.25, -0.2) is 0 Å². The van der Waals surface area contributed by atoms with Crippen LogP contribution in [0.25, 0.3) is 11.4 Å². The van der Waals surface area contributed by atoms with Gasteiger partial charge in [0.05, 0.1) is 10.7 Å². The highest BCUT2D eigenvalue weighted by Crippen LogP contribution is 2.26. The molecular weight excluding hydrogens is 390 g/mol. The SMILES string of the molecule is C=CCn1c(SCC(=O)Nc2ccccc2[N+](=O)[O-])nnc1-c1cccc(C)c1. The van der Waals surface area contributed by atoms with E-state index in [1.807, 2.05) is 35.8 Å². The van der Waals surface area contributed by atoms with E-state index >= 15 is 0 Å². The number of carbonyl (C=O) groups excluding carboxylic acids is 1. The first-order valence-electron chi connectivity index (χ1n) is 8.77. The van der Waals surface area contributed by atoms with Crippen LogP contribution in [0, 0.1) is 17.0 Å². The zero-order chi connectivity index (χ0) is 20.8. The summed E-state index contributed by atoms with van der Waals surface area (Å²) in [6.07, 6.45) is 1.74. The average Bonchev–Trinajstić information content (AvgIpc) is 3.09. The van der Waals surface area contributed by atoms with Crippen LogP contribution >= 0.6 is 11.8 Å². The molecule has 1 heterocycles. The molecule has 0 fully saturated rings. The van der Waals surface area contributed by atoms with Gasteiger partial charge in [-0.1, -0.05) is 53.7 Å². The van der Waals surface area contributed by atoms with Crippen LogP contribution in [0.2, 0.25) is 0 Å². The van der Waals surface area contributed by atoms with Crippen LogP contribution in [0.15, 0.2) is 66.3 Å². The predicted octanol–water partition coefficient (Wildman–Crippen LogP) is 4.08. The summed E-state index contributed by atoms with van der Waals surface area (Å²) < 4.78 is 1.88. The highest BCUT2D eigenvalue weighted by molar-refractivity contribution is 7.99. The highest BCUT2D eigenvalue weighted by atomic mass is 32.2. The number of hydrogen-bond donors (Lipinski definition) is 1. The standard InChI is InChI=1S/C20H19N5O3S/c1-3-11-24-19(15-8-6-7-14(2)12-15)22-23-20(24)29-13-18(26)21-16-9-4-5-10-17(16)25(27)28/h3-10,12H,1,11,13H2,2H3,(H,21,26). The van der Waals surface area contributed by atoms with E-state index in [1.54, 1.807) is 18.2 Å². The van der Waals surface area contributed by atoms with Crippen molar-refractivity contribution >= 4 is 29.0 Å². The molecule has 0 saturated carbocycles. The number of aryl methyl sites for hydroxylation is 1. The van der Waals surface area contributed by atoms with Crippen LogP contribution in [-0.2, 0) is 11.3 Å². The van der Waals surface area contributed by atoms with E-state index in [9.17, 15) is 14.9 Å². The minimum absolute atomic E-state index is 0.0368. The number of nitrogens with one attached hydrogen (secondary N) is 1. The van der Waals surface area contributed by atoms with Gasteiger partial charge in [0.25, 0.3) is 5.69 Å². The number of allylic oxidation sites excluding steroid dienone is 1. The Morgan fingerprint density at radius 1 is 1.28 bits per heavy atom. The number of thioether (sulfide) groups is 1. The van der Waals surface area contributed by atoms with Crippen molar-refractivity contribution in [3.05, 3.63) is 76.9 Å². The Balaban J connectivity index is 1.75. The maximum absolute atomic E-state index is 12.3. The van der Waals surface area contributed by atoms with E-state index in [0.29, 0.717) is 17.5 Å². The normalized spacial score (nSPS) is 10.5. The maximum Gasteiger partial charge on any atom is 0.292 e. The summed E-state index contributed by atoms with van der Waals surface area (Å²) in [5.74, 6) is 0.361. The fraction of sp³-hybridized carbons (Fsp3) is 0.150. The van der Waals surface area contributed by atoms with E-state index in [4.69, 9.17) is 0 Å². The molecule has 0 atom stereocenters. The van der Waals surface area contributed by atoms with Crippen molar-refractivity contribution in [2.24, 2.45) is 0 Å². The van der Waals surface area contributed by atoms with Crippen LogP contribution in [0.5, 0.6) is 0 Å². The molecule has 1 amide bonds. The fourth-order valence-corrected chi connectivity index (χ4v) is 3.49. The van der Waals surface area contributed by atoms with Crippen molar-refractivity contribution in [3.8, 4) is 11.4 Å². The molecule has 0 spiro atoms. The van der Waals surface area contributed by atoms with Gasteiger partial charge in [-0.3, -0.25) is 19.5 Å². The molecule has 2 aromatic carbocycles. The van der Waals surface area contributed by atoms with Gasteiger partial charge < -0.3 is 5.32 Å². The predicted molar refractivity (Wildman–Crippen MR) is 113 cm³/mol. The summed E-state index contributed by atoms with van der Waals surface area (Å²) in [6, 6.07) is 13.9. The first kappa shape index (κ1) is 20.3. The zero-order valence-electron chi connectivity index (χ0n) is 15.7. The zero-order valence-corrected chi connectivity index (χ0v) is 16.6. The molecule has 3 rings (SSSR count). The van der Waals surface area contributed by atoms with Gasteiger partial charge in [0, 0.05) is 18.2 Å². The molecular formula is C20H19N5O3S. The number of nitro benzene ring substituents is 1. The number of hydrogen-bond acceptors (Lipinski definition) is 6. The molecule has 0 aliphatic carbocycles. The van der Waals surface area contributed by atoms with Gasteiger partial charge in [-0.05, 0) is 19.1 Å².